The van der Waals surface area contributed by atoms with Crippen molar-refractivity contribution in [3.05, 3.63) is 78.5 Å². The predicted octanol–water partition coefficient (Wildman–Crippen LogP) is 5.64. The number of fused-ring (bicyclic) bond motifs is 1. The molecule has 2 unspecified atom stereocenters. The van der Waals surface area contributed by atoms with Crippen LogP contribution in [-0.4, -0.2) is 48.0 Å². The SMILES string of the molecule is CCNc1cccnc1N(CC)C1CCN(c2cc3cc(OCc4ccccc4)ccc3[nH]2)C(C=O)C1. The van der Waals surface area contributed by atoms with Gasteiger partial charge in [0.05, 0.1) is 11.7 Å². The number of anilines is 3. The van der Waals surface area contributed by atoms with E-state index < -0.39 is 0 Å². The summed E-state index contributed by atoms with van der Waals surface area (Å²) in [6.45, 7) is 7.24. The fourth-order valence-electron chi connectivity index (χ4n) is 5.30. The number of carbonyl (C=O) groups excluding carboxylic acids is 1. The smallest absolute Gasteiger partial charge is 0.152 e. The van der Waals surface area contributed by atoms with E-state index in [2.05, 4.69) is 69.3 Å². The van der Waals surface area contributed by atoms with E-state index in [1.54, 1.807) is 0 Å². The second-order valence-electron chi connectivity index (χ2n) is 9.44. The van der Waals surface area contributed by atoms with Gasteiger partial charge in [0.15, 0.2) is 5.82 Å². The van der Waals surface area contributed by atoms with Crippen molar-refractivity contribution in [2.24, 2.45) is 0 Å². The van der Waals surface area contributed by atoms with Crippen LogP contribution in [-0.2, 0) is 11.4 Å². The summed E-state index contributed by atoms with van der Waals surface area (Å²) in [6, 6.07) is 22.4. The molecule has 7 heteroatoms. The van der Waals surface area contributed by atoms with Crippen LogP contribution in [0.5, 0.6) is 5.75 Å². The minimum Gasteiger partial charge on any atom is -0.489 e. The number of aromatic nitrogens is 2. The zero-order chi connectivity index (χ0) is 25.6. The Morgan fingerprint density at radius 3 is 2.78 bits per heavy atom. The molecule has 1 aliphatic heterocycles. The largest absolute Gasteiger partial charge is 0.489 e. The first-order chi connectivity index (χ1) is 18.2. The molecule has 1 fully saturated rings. The molecule has 2 aromatic heterocycles. The molecule has 0 radical (unpaired) electrons. The summed E-state index contributed by atoms with van der Waals surface area (Å²) in [5, 5.41) is 4.50. The van der Waals surface area contributed by atoms with Crippen molar-refractivity contribution in [3.8, 4) is 5.75 Å². The van der Waals surface area contributed by atoms with Gasteiger partial charge < -0.3 is 29.6 Å². The van der Waals surface area contributed by atoms with Gasteiger partial charge in [0, 0.05) is 42.8 Å². The molecule has 37 heavy (non-hydrogen) atoms. The quantitative estimate of drug-likeness (QED) is 0.276. The van der Waals surface area contributed by atoms with Crippen molar-refractivity contribution in [2.45, 2.75) is 45.4 Å². The molecular formula is C30H35N5O2. The van der Waals surface area contributed by atoms with Gasteiger partial charge in [0.2, 0.25) is 0 Å². The lowest BCUT2D eigenvalue weighted by molar-refractivity contribution is -0.109. The molecule has 2 atom stereocenters. The molecule has 0 bridgehead atoms. The molecule has 5 rings (SSSR count). The minimum absolute atomic E-state index is 0.207. The molecule has 3 heterocycles. The third-order valence-corrected chi connectivity index (χ3v) is 7.12. The molecule has 0 saturated carbocycles. The number of rotatable bonds is 10. The number of carbonyl (C=O) groups is 1. The van der Waals surface area contributed by atoms with Crippen molar-refractivity contribution in [1.29, 1.82) is 0 Å². The van der Waals surface area contributed by atoms with E-state index in [0.717, 1.165) is 78.3 Å². The third kappa shape index (κ3) is 5.40. The van der Waals surface area contributed by atoms with Crippen LogP contribution in [0.2, 0.25) is 0 Å². The number of benzene rings is 2. The number of nitrogens with one attached hydrogen (secondary N) is 2. The second-order valence-corrected chi connectivity index (χ2v) is 9.44. The van der Waals surface area contributed by atoms with Crippen LogP contribution in [0.1, 0.15) is 32.3 Å². The Hall–Kier alpha value is -4.00. The van der Waals surface area contributed by atoms with Crippen molar-refractivity contribution < 1.29 is 9.53 Å². The van der Waals surface area contributed by atoms with Gasteiger partial charge in [-0.15, -0.1) is 0 Å². The van der Waals surface area contributed by atoms with E-state index >= 15 is 0 Å². The second kappa shape index (κ2) is 11.4. The van der Waals surface area contributed by atoms with Gasteiger partial charge in [0.25, 0.3) is 0 Å². The van der Waals surface area contributed by atoms with Gasteiger partial charge in [-0.2, -0.15) is 0 Å². The Kier molecular flexibility index (Phi) is 7.59. The number of aromatic amines is 1. The van der Waals surface area contributed by atoms with Crippen LogP contribution in [0, 0.1) is 0 Å². The lowest BCUT2D eigenvalue weighted by Crippen LogP contribution is -2.51. The van der Waals surface area contributed by atoms with Gasteiger partial charge in [0.1, 0.15) is 24.5 Å². The van der Waals surface area contributed by atoms with E-state index in [9.17, 15) is 4.79 Å². The van der Waals surface area contributed by atoms with Gasteiger partial charge >= 0.3 is 0 Å². The maximum atomic E-state index is 12.3. The third-order valence-electron chi connectivity index (χ3n) is 7.12. The maximum absolute atomic E-state index is 12.3. The van der Waals surface area contributed by atoms with Gasteiger partial charge in [-0.05, 0) is 68.7 Å². The lowest BCUT2D eigenvalue weighted by atomic mass is 9.96. The Morgan fingerprint density at radius 2 is 2.00 bits per heavy atom. The van der Waals surface area contributed by atoms with E-state index in [0.29, 0.717) is 6.61 Å². The van der Waals surface area contributed by atoms with Gasteiger partial charge in [-0.25, -0.2) is 4.98 Å². The van der Waals surface area contributed by atoms with Crippen LogP contribution in [0.15, 0.2) is 72.9 Å². The van der Waals surface area contributed by atoms with Crippen molar-refractivity contribution in [3.63, 3.8) is 0 Å². The number of piperidine rings is 1. The van der Waals surface area contributed by atoms with E-state index in [-0.39, 0.29) is 12.1 Å². The predicted molar refractivity (Wildman–Crippen MR) is 151 cm³/mol. The fraction of sp³-hybridized carbons (Fsp3) is 0.333. The van der Waals surface area contributed by atoms with E-state index in [4.69, 9.17) is 4.74 Å². The number of pyridine rings is 1. The van der Waals surface area contributed by atoms with Crippen LogP contribution in [0.4, 0.5) is 17.3 Å². The molecule has 0 aliphatic carbocycles. The summed E-state index contributed by atoms with van der Waals surface area (Å²) < 4.78 is 6.02. The van der Waals surface area contributed by atoms with Crippen molar-refractivity contribution >= 4 is 34.5 Å². The lowest BCUT2D eigenvalue weighted by Gasteiger charge is -2.42. The average molecular weight is 498 g/mol. The van der Waals surface area contributed by atoms with Crippen molar-refractivity contribution in [1.82, 2.24) is 9.97 Å². The van der Waals surface area contributed by atoms with E-state index in [1.165, 1.54) is 0 Å². The number of aldehydes is 1. The van der Waals surface area contributed by atoms with Gasteiger partial charge in [-0.1, -0.05) is 30.3 Å². The molecule has 1 aliphatic rings. The highest BCUT2D eigenvalue weighted by molar-refractivity contribution is 5.86. The molecule has 0 spiro atoms. The first-order valence-electron chi connectivity index (χ1n) is 13.2. The monoisotopic (exact) mass is 497 g/mol. The summed E-state index contributed by atoms with van der Waals surface area (Å²) in [6.07, 6.45) is 4.62. The minimum atomic E-state index is -0.207. The van der Waals surface area contributed by atoms with Crippen LogP contribution < -0.4 is 19.9 Å². The van der Waals surface area contributed by atoms with E-state index in [1.807, 2.05) is 42.6 Å². The molecule has 2 N–H and O–H groups in total. The Balaban J connectivity index is 1.31. The molecule has 0 amide bonds. The number of ether oxygens (including phenoxy) is 1. The average Bonchev–Trinajstić information content (AvgIpc) is 3.37. The number of H-pyrrole nitrogens is 1. The highest BCUT2D eigenvalue weighted by atomic mass is 16.5. The van der Waals surface area contributed by atoms with Crippen LogP contribution in [0.25, 0.3) is 10.9 Å². The summed E-state index contributed by atoms with van der Waals surface area (Å²) in [7, 11) is 0. The van der Waals surface area contributed by atoms with Gasteiger partial charge in [-0.3, -0.25) is 0 Å². The Morgan fingerprint density at radius 1 is 1.14 bits per heavy atom. The molecule has 192 valence electrons. The van der Waals surface area contributed by atoms with Crippen molar-refractivity contribution in [2.75, 3.05) is 34.8 Å². The zero-order valence-electron chi connectivity index (χ0n) is 21.6. The summed E-state index contributed by atoms with van der Waals surface area (Å²) in [5.74, 6) is 2.77. The fourth-order valence-corrected chi connectivity index (χ4v) is 5.30. The highest BCUT2D eigenvalue weighted by Crippen LogP contribution is 2.33. The molecule has 2 aromatic carbocycles. The molecular weight excluding hydrogens is 462 g/mol. The summed E-state index contributed by atoms with van der Waals surface area (Å²) in [4.78, 5) is 25.0. The summed E-state index contributed by atoms with van der Waals surface area (Å²) >= 11 is 0. The van der Waals surface area contributed by atoms with Crippen LogP contribution >= 0.6 is 0 Å². The normalized spacial score (nSPS) is 17.5. The Bertz CT molecular complexity index is 1320. The standard InChI is InChI=1S/C30H35N5O2/c1-3-31-28-11-8-15-32-30(28)34(4-2)24-14-16-35(25(19-24)20-36)29-18-23-17-26(12-13-27(23)33-29)37-21-22-9-6-5-7-10-22/h5-13,15,17-18,20,24-25,31,33H,3-4,14,16,19,21H2,1-2H3. The van der Waals surface area contributed by atoms with Crippen LogP contribution in [0.3, 0.4) is 0 Å². The summed E-state index contributed by atoms with van der Waals surface area (Å²) in [5.41, 5.74) is 3.21. The Labute approximate surface area is 218 Å². The number of hydrogen-bond donors (Lipinski definition) is 2. The first kappa shape index (κ1) is 24.7. The first-order valence-corrected chi connectivity index (χ1v) is 13.2. The number of hydrogen-bond acceptors (Lipinski definition) is 6. The zero-order valence-corrected chi connectivity index (χ0v) is 21.6. The topological polar surface area (TPSA) is 73.5 Å². The maximum Gasteiger partial charge on any atom is 0.152 e. The molecule has 1 saturated heterocycles. The molecule has 4 aromatic rings. The highest BCUT2D eigenvalue weighted by Gasteiger charge is 2.33. The number of nitrogens with zero attached hydrogens (tertiary/aromatic N) is 3. The molecule has 7 nitrogen and oxygen atoms in total.